The zero-order valence-corrected chi connectivity index (χ0v) is 8.23. The Morgan fingerprint density at radius 2 is 1.75 bits per heavy atom. The van der Waals surface area contributed by atoms with Crippen LogP contribution in [0.25, 0.3) is 0 Å². The lowest BCUT2D eigenvalue weighted by Gasteiger charge is -2.33. The fourth-order valence-corrected chi connectivity index (χ4v) is 2.03. The number of hydrogen-bond donors (Lipinski definition) is 1. The van der Waals surface area contributed by atoms with Gasteiger partial charge in [-0.25, -0.2) is 0 Å². The molecule has 0 unspecified atom stereocenters. The Bertz CT molecular complexity index is 108. The highest BCUT2D eigenvalue weighted by atomic mass is 16.0. The molecule has 0 amide bonds. The highest BCUT2D eigenvalue weighted by molar-refractivity contribution is 4.86. The summed E-state index contributed by atoms with van der Waals surface area (Å²) in [4.78, 5) is 0. The molecule has 0 saturated heterocycles. The van der Waals surface area contributed by atoms with Crippen LogP contribution in [0, 0.1) is 0 Å². The fraction of sp³-hybridized carbons (Fsp3) is 1.00. The Morgan fingerprint density at radius 1 is 1.17 bits per heavy atom. The SMILES string of the molecule is CCCCC1(N)CCCCC1.O. The summed E-state index contributed by atoms with van der Waals surface area (Å²) in [6, 6.07) is 0. The molecule has 12 heavy (non-hydrogen) atoms. The normalized spacial score (nSPS) is 21.5. The van der Waals surface area contributed by atoms with Crippen LogP contribution in [0.15, 0.2) is 0 Å². The number of hydrogen-bond acceptors (Lipinski definition) is 1. The third-order valence-corrected chi connectivity index (χ3v) is 2.88. The Kier molecular flexibility index (Phi) is 5.51. The lowest BCUT2D eigenvalue weighted by atomic mass is 9.79. The second kappa shape index (κ2) is 5.55. The van der Waals surface area contributed by atoms with E-state index >= 15 is 0 Å². The Labute approximate surface area is 75.8 Å². The Hall–Kier alpha value is -0.0800. The molecule has 0 spiro atoms. The van der Waals surface area contributed by atoms with Crippen LogP contribution in [-0.2, 0) is 0 Å². The summed E-state index contributed by atoms with van der Waals surface area (Å²) in [6.45, 7) is 2.24. The summed E-state index contributed by atoms with van der Waals surface area (Å²) in [5.41, 5.74) is 6.48. The van der Waals surface area contributed by atoms with E-state index in [4.69, 9.17) is 5.73 Å². The van der Waals surface area contributed by atoms with Crippen molar-refractivity contribution in [1.82, 2.24) is 0 Å². The van der Waals surface area contributed by atoms with Gasteiger partial charge < -0.3 is 11.2 Å². The lowest BCUT2D eigenvalue weighted by Crippen LogP contribution is -2.41. The molecule has 1 aliphatic rings. The largest absolute Gasteiger partial charge is 0.412 e. The third-order valence-electron chi connectivity index (χ3n) is 2.88. The van der Waals surface area contributed by atoms with Gasteiger partial charge in [0.15, 0.2) is 0 Å². The minimum Gasteiger partial charge on any atom is -0.412 e. The van der Waals surface area contributed by atoms with Gasteiger partial charge in [-0.15, -0.1) is 0 Å². The smallest absolute Gasteiger partial charge is 0.0154 e. The van der Waals surface area contributed by atoms with Crippen molar-refractivity contribution in [2.45, 2.75) is 63.8 Å². The maximum atomic E-state index is 6.25. The van der Waals surface area contributed by atoms with Crippen LogP contribution in [0.5, 0.6) is 0 Å². The van der Waals surface area contributed by atoms with E-state index in [0.29, 0.717) is 0 Å². The van der Waals surface area contributed by atoms with Crippen LogP contribution in [0.1, 0.15) is 58.3 Å². The lowest BCUT2D eigenvalue weighted by molar-refractivity contribution is 0.272. The first kappa shape index (κ1) is 11.9. The van der Waals surface area contributed by atoms with Gasteiger partial charge in [0.25, 0.3) is 0 Å². The van der Waals surface area contributed by atoms with Crippen molar-refractivity contribution in [2.75, 3.05) is 0 Å². The van der Waals surface area contributed by atoms with Gasteiger partial charge in [0.1, 0.15) is 0 Å². The van der Waals surface area contributed by atoms with E-state index in [9.17, 15) is 0 Å². The van der Waals surface area contributed by atoms with Gasteiger partial charge in [0.2, 0.25) is 0 Å². The van der Waals surface area contributed by atoms with Gasteiger partial charge in [-0.2, -0.15) is 0 Å². The molecule has 2 heteroatoms. The molecule has 0 atom stereocenters. The fourth-order valence-electron chi connectivity index (χ4n) is 2.03. The predicted molar refractivity (Wildman–Crippen MR) is 53.1 cm³/mol. The van der Waals surface area contributed by atoms with Crippen LogP contribution in [0.3, 0.4) is 0 Å². The van der Waals surface area contributed by atoms with E-state index in [2.05, 4.69) is 6.92 Å². The Balaban J connectivity index is 0.00000121. The van der Waals surface area contributed by atoms with E-state index in [1.807, 2.05) is 0 Å². The molecular formula is C10H23NO. The number of unbranched alkanes of at least 4 members (excludes halogenated alkanes) is 1. The molecule has 4 N–H and O–H groups in total. The zero-order chi connectivity index (χ0) is 8.16. The molecule has 2 nitrogen and oxygen atoms in total. The van der Waals surface area contributed by atoms with Gasteiger partial charge in [0.05, 0.1) is 0 Å². The van der Waals surface area contributed by atoms with Crippen LogP contribution >= 0.6 is 0 Å². The predicted octanol–water partition coefficient (Wildman–Crippen LogP) is 2.01. The third kappa shape index (κ3) is 3.55. The standard InChI is InChI=1S/C10H21N.H2O/c1-2-3-7-10(11)8-5-4-6-9-10;/h2-9,11H2,1H3;1H2. The average molecular weight is 173 g/mol. The van der Waals surface area contributed by atoms with Crippen molar-refractivity contribution in [3.05, 3.63) is 0 Å². The minimum atomic E-state index is 0. The molecule has 1 fully saturated rings. The topological polar surface area (TPSA) is 57.5 Å². The summed E-state index contributed by atoms with van der Waals surface area (Å²) in [7, 11) is 0. The summed E-state index contributed by atoms with van der Waals surface area (Å²) in [5, 5.41) is 0. The molecule has 0 heterocycles. The molecule has 0 aliphatic heterocycles. The van der Waals surface area contributed by atoms with E-state index in [1.165, 1.54) is 51.4 Å². The maximum Gasteiger partial charge on any atom is 0.0154 e. The summed E-state index contributed by atoms with van der Waals surface area (Å²) in [5.74, 6) is 0. The first-order valence-electron chi connectivity index (χ1n) is 5.06. The molecule has 1 saturated carbocycles. The van der Waals surface area contributed by atoms with Crippen LogP contribution in [-0.4, -0.2) is 11.0 Å². The van der Waals surface area contributed by atoms with Gasteiger partial charge in [0, 0.05) is 5.54 Å². The van der Waals surface area contributed by atoms with Gasteiger partial charge in [-0.3, -0.25) is 0 Å². The molecule has 0 aromatic carbocycles. The van der Waals surface area contributed by atoms with Crippen molar-refractivity contribution >= 4 is 0 Å². The van der Waals surface area contributed by atoms with Gasteiger partial charge >= 0.3 is 0 Å². The molecule has 1 aliphatic carbocycles. The molecule has 1 rings (SSSR count). The highest BCUT2D eigenvalue weighted by Crippen LogP contribution is 2.29. The van der Waals surface area contributed by atoms with Crippen molar-refractivity contribution in [3.8, 4) is 0 Å². The van der Waals surface area contributed by atoms with Crippen molar-refractivity contribution in [1.29, 1.82) is 0 Å². The second-order valence-corrected chi connectivity index (χ2v) is 4.03. The highest BCUT2D eigenvalue weighted by Gasteiger charge is 2.25. The van der Waals surface area contributed by atoms with Crippen LogP contribution in [0.2, 0.25) is 0 Å². The summed E-state index contributed by atoms with van der Waals surface area (Å²) in [6.07, 6.45) is 10.5. The molecule has 0 aromatic heterocycles. The van der Waals surface area contributed by atoms with Crippen LogP contribution < -0.4 is 5.73 Å². The molecule has 0 bridgehead atoms. The number of rotatable bonds is 3. The second-order valence-electron chi connectivity index (χ2n) is 4.03. The zero-order valence-electron chi connectivity index (χ0n) is 8.23. The van der Waals surface area contributed by atoms with Crippen LogP contribution in [0.4, 0.5) is 0 Å². The van der Waals surface area contributed by atoms with Gasteiger partial charge in [-0.05, 0) is 19.3 Å². The summed E-state index contributed by atoms with van der Waals surface area (Å²) >= 11 is 0. The van der Waals surface area contributed by atoms with Gasteiger partial charge in [-0.1, -0.05) is 39.0 Å². The monoisotopic (exact) mass is 173 g/mol. The van der Waals surface area contributed by atoms with Crippen molar-refractivity contribution in [2.24, 2.45) is 5.73 Å². The summed E-state index contributed by atoms with van der Waals surface area (Å²) < 4.78 is 0. The van der Waals surface area contributed by atoms with Crippen molar-refractivity contribution < 1.29 is 5.48 Å². The Morgan fingerprint density at radius 3 is 2.25 bits per heavy atom. The molecule has 74 valence electrons. The van der Waals surface area contributed by atoms with E-state index in [0.717, 1.165) is 0 Å². The van der Waals surface area contributed by atoms with E-state index in [1.54, 1.807) is 0 Å². The van der Waals surface area contributed by atoms with E-state index in [-0.39, 0.29) is 11.0 Å². The molecule has 0 radical (unpaired) electrons. The quantitative estimate of drug-likeness (QED) is 0.697. The average Bonchev–Trinajstić information content (AvgIpc) is 2.03. The van der Waals surface area contributed by atoms with E-state index < -0.39 is 0 Å². The maximum absolute atomic E-state index is 6.25. The molecule has 0 aromatic rings. The molecular weight excluding hydrogens is 150 g/mol. The minimum absolute atomic E-state index is 0. The first-order valence-corrected chi connectivity index (χ1v) is 5.06. The van der Waals surface area contributed by atoms with Crippen molar-refractivity contribution in [3.63, 3.8) is 0 Å². The first-order chi connectivity index (χ1) is 5.27. The number of nitrogens with two attached hydrogens (primary N) is 1.